The number of aromatic nitrogens is 1. The van der Waals surface area contributed by atoms with Crippen LogP contribution in [0.15, 0.2) is 63.8 Å². The van der Waals surface area contributed by atoms with Crippen LogP contribution in [0.4, 0.5) is 0 Å². The molecular formula is C21H23N3O4. The van der Waals surface area contributed by atoms with Gasteiger partial charge in [0.15, 0.2) is 5.58 Å². The van der Waals surface area contributed by atoms with Gasteiger partial charge in [-0.05, 0) is 31.0 Å². The van der Waals surface area contributed by atoms with E-state index in [1.165, 1.54) is 4.57 Å². The maximum Gasteiger partial charge on any atom is 0.419 e. The average Bonchev–Trinajstić information content (AvgIpc) is 3.02. The van der Waals surface area contributed by atoms with Crippen LogP contribution >= 0.6 is 0 Å². The molecule has 0 radical (unpaired) electrons. The Labute approximate surface area is 162 Å². The van der Waals surface area contributed by atoms with Gasteiger partial charge in [0.25, 0.3) is 0 Å². The molecule has 2 N–H and O–H groups in total. The van der Waals surface area contributed by atoms with E-state index in [9.17, 15) is 14.4 Å². The Hall–Kier alpha value is -3.35. The maximum absolute atomic E-state index is 12.1. The first kappa shape index (κ1) is 19.4. The van der Waals surface area contributed by atoms with Gasteiger partial charge in [-0.3, -0.25) is 14.2 Å². The molecule has 7 nitrogen and oxygen atoms in total. The molecule has 0 bridgehead atoms. The molecule has 0 aliphatic heterocycles. The average molecular weight is 381 g/mol. The lowest BCUT2D eigenvalue weighted by Gasteiger charge is -2.14. The molecule has 0 fully saturated rings. The molecule has 1 unspecified atom stereocenters. The van der Waals surface area contributed by atoms with E-state index < -0.39 is 11.8 Å². The minimum Gasteiger partial charge on any atom is -0.408 e. The highest BCUT2D eigenvalue weighted by Gasteiger charge is 2.15. The number of oxazole rings is 1. The summed E-state index contributed by atoms with van der Waals surface area (Å²) < 4.78 is 6.68. The van der Waals surface area contributed by atoms with Crippen LogP contribution in [0, 0.1) is 0 Å². The molecule has 146 valence electrons. The van der Waals surface area contributed by atoms with E-state index in [-0.39, 0.29) is 18.2 Å². The molecule has 1 heterocycles. The van der Waals surface area contributed by atoms with Gasteiger partial charge in [-0.2, -0.15) is 0 Å². The van der Waals surface area contributed by atoms with Gasteiger partial charge in [0.05, 0.1) is 5.52 Å². The predicted molar refractivity (Wildman–Crippen MR) is 106 cm³/mol. The highest BCUT2D eigenvalue weighted by atomic mass is 16.4. The van der Waals surface area contributed by atoms with E-state index in [1.807, 2.05) is 36.4 Å². The van der Waals surface area contributed by atoms with E-state index in [4.69, 9.17) is 4.42 Å². The standard InChI is InChI=1S/C21H23N3O4/c1-15(20(26)22-14-16-8-3-2-4-9-16)23-19(25)12-7-13-24-17-10-5-6-11-18(17)28-21(24)27/h2-6,8-11,15H,7,12-14H2,1H3,(H,22,26)(H,23,25). The molecule has 0 spiro atoms. The molecule has 28 heavy (non-hydrogen) atoms. The van der Waals surface area contributed by atoms with Gasteiger partial charge in [-0.25, -0.2) is 4.79 Å². The van der Waals surface area contributed by atoms with E-state index in [1.54, 1.807) is 25.1 Å². The highest BCUT2D eigenvalue weighted by molar-refractivity contribution is 5.87. The monoisotopic (exact) mass is 381 g/mol. The second kappa shape index (κ2) is 9.03. The fourth-order valence-corrected chi connectivity index (χ4v) is 2.94. The maximum atomic E-state index is 12.1. The molecule has 0 aliphatic rings. The number of nitrogens with one attached hydrogen (secondary N) is 2. The van der Waals surface area contributed by atoms with Crippen molar-refractivity contribution in [2.75, 3.05) is 0 Å². The van der Waals surface area contributed by atoms with Gasteiger partial charge in [0.1, 0.15) is 6.04 Å². The molecule has 2 amide bonds. The second-order valence-electron chi connectivity index (χ2n) is 6.58. The van der Waals surface area contributed by atoms with Crippen LogP contribution in [0.25, 0.3) is 11.1 Å². The van der Waals surface area contributed by atoms with E-state index in [0.717, 1.165) is 5.56 Å². The van der Waals surface area contributed by atoms with Gasteiger partial charge in [-0.1, -0.05) is 42.5 Å². The number of para-hydroxylation sites is 2. The quantitative estimate of drug-likeness (QED) is 0.626. The summed E-state index contributed by atoms with van der Waals surface area (Å²) in [6.07, 6.45) is 0.676. The summed E-state index contributed by atoms with van der Waals surface area (Å²) in [6, 6.07) is 16.1. The lowest BCUT2D eigenvalue weighted by molar-refractivity contribution is -0.128. The number of carbonyl (C=O) groups is 2. The Bertz CT molecular complexity index is 1010. The number of carbonyl (C=O) groups excluding carboxylic acids is 2. The van der Waals surface area contributed by atoms with Crippen LogP contribution in [0.3, 0.4) is 0 Å². The van der Waals surface area contributed by atoms with Crippen molar-refractivity contribution < 1.29 is 14.0 Å². The zero-order valence-corrected chi connectivity index (χ0v) is 15.7. The topological polar surface area (TPSA) is 93.3 Å². The SMILES string of the molecule is CC(NC(=O)CCCn1c(=O)oc2ccccc21)C(=O)NCc1ccccc1. The number of rotatable bonds is 8. The lowest BCUT2D eigenvalue weighted by Crippen LogP contribution is -2.44. The van der Waals surface area contributed by atoms with Crippen LogP contribution in [-0.4, -0.2) is 22.4 Å². The van der Waals surface area contributed by atoms with Crippen LogP contribution in [0.5, 0.6) is 0 Å². The van der Waals surface area contributed by atoms with E-state index in [0.29, 0.717) is 30.6 Å². The Morgan fingerprint density at radius 2 is 1.79 bits per heavy atom. The minimum absolute atomic E-state index is 0.211. The van der Waals surface area contributed by atoms with Crippen molar-refractivity contribution >= 4 is 22.9 Å². The molecule has 7 heteroatoms. The third-order valence-corrected chi connectivity index (χ3v) is 4.44. The van der Waals surface area contributed by atoms with Gasteiger partial charge in [-0.15, -0.1) is 0 Å². The van der Waals surface area contributed by atoms with Crippen LogP contribution in [0.2, 0.25) is 0 Å². The summed E-state index contributed by atoms with van der Waals surface area (Å²) in [5, 5.41) is 5.48. The van der Waals surface area contributed by atoms with Crippen molar-refractivity contribution in [2.45, 2.75) is 38.9 Å². The summed E-state index contributed by atoms with van der Waals surface area (Å²) >= 11 is 0. The molecule has 0 aliphatic carbocycles. The van der Waals surface area contributed by atoms with Gasteiger partial charge in [0, 0.05) is 19.5 Å². The van der Waals surface area contributed by atoms with Crippen LogP contribution < -0.4 is 16.4 Å². The summed E-state index contributed by atoms with van der Waals surface area (Å²) in [7, 11) is 0. The summed E-state index contributed by atoms with van der Waals surface area (Å²) in [5.41, 5.74) is 2.23. The predicted octanol–water partition coefficient (Wildman–Crippen LogP) is 2.20. The third kappa shape index (κ3) is 4.88. The van der Waals surface area contributed by atoms with Gasteiger partial charge >= 0.3 is 5.76 Å². The molecule has 2 aromatic carbocycles. The molecule has 1 atom stereocenters. The fraction of sp³-hybridized carbons (Fsp3) is 0.286. The zero-order chi connectivity index (χ0) is 19.9. The number of benzene rings is 2. The first-order valence-corrected chi connectivity index (χ1v) is 9.24. The molecule has 3 rings (SSSR count). The fourth-order valence-electron chi connectivity index (χ4n) is 2.94. The van der Waals surface area contributed by atoms with Gasteiger partial charge in [0.2, 0.25) is 11.8 Å². The summed E-state index contributed by atoms with van der Waals surface area (Å²) in [5.74, 6) is -0.910. The first-order valence-electron chi connectivity index (χ1n) is 9.24. The third-order valence-electron chi connectivity index (χ3n) is 4.44. The second-order valence-corrected chi connectivity index (χ2v) is 6.58. The smallest absolute Gasteiger partial charge is 0.408 e. The van der Waals surface area contributed by atoms with Crippen molar-refractivity contribution in [1.82, 2.24) is 15.2 Å². The summed E-state index contributed by atoms with van der Waals surface area (Å²) in [4.78, 5) is 36.1. The van der Waals surface area contributed by atoms with Crippen LogP contribution in [-0.2, 0) is 22.7 Å². The largest absolute Gasteiger partial charge is 0.419 e. The molecule has 1 aromatic heterocycles. The van der Waals surface area contributed by atoms with Crippen molar-refractivity contribution in [3.05, 3.63) is 70.7 Å². The lowest BCUT2D eigenvalue weighted by atomic mass is 10.2. The highest BCUT2D eigenvalue weighted by Crippen LogP contribution is 2.12. The number of nitrogens with zero attached hydrogens (tertiary/aromatic N) is 1. The minimum atomic E-state index is -0.631. The molecule has 3 aromatic rings. The Morgan fingerprint density at radius 1 is 1.07 bits per heavy atom. The Kier molecular flexibility index (Phi) is 6.26. The van der Waals surface area contributed by atoms with Crippen LogP contribution in [0.1, 0.15) is 25.3 Å². The van der Waals surface area contributed by atoms with Gasteiger partial charge < -0.3 is 15.1 Å². The number of aryl methyl sites for hydroxylation is 1. The van der Waals surface area contributed by atoms with Crippen molar-refractivity contribution in [3.8, 4) is 0 Å². The summed E-state index contributed by atoms with van der Waals surface area (Å²) in [6.45, 7) is 2.43. The van der Waals surface area contributed by atoms with E-state index in [2.05, 4.69) is 10.6 Å². The number of hydrogen-bond donors (Lipinski definition) is 2. The van der Waals surface area contributed by atoms with Crippen molar-refractivity contribution in [3.63, 3.8) is 0 Å². The number of fused-ring (bicyclic) bond motifs is 1. The van der Waals surface area contributed by atoms with E-state index >= 15 is 0 Å². The first-order chi connectivity index (χ1) is 13.5. The molecule has 0 saturated carbocycles. The number of amides is 2. The van der Waals surface area contributed by atoms with Crippen molar-refractivity contribution in [2.24, 2.45) is 0 Å². The Morgan fingerprint density at radius 3 is 2.57 bits per heavy atom. The normalized spacial score (nSPS) is 11.9. The molecular weight excluding hydrogens is 358 g/mol. The Balaban J connectivity index is 1.44. The van der Waals surface area contributed by atoms with Crippen molar-refractivity contribution in [1.29, 1.82) is 0 Å². The molecule has 0 saturated heterocycles. The number of hydrogen-bond acceptors (Lipinski definition) is 4. The zero-order valence-electron chi connectivity index (χ0n) is 15.7.